The molecule has 0 saturated heterocycles. The van der Waals surface area contributed by atoms with Gasteiger partial charge in [0.05, 0.1) is 6.10 Å². The van der Waals surface area contributed by atoms with E-state index in [1.807, 2.05) is 25.1 Å². The summed E-state index contributed by atoms with van der Waals surface area (Å²) in [5.41, 5.74) is 1.12. The second-order valence-corrected chi connectivity index (χ2v) is 3.04. The molecule has 0 radical (unpaired) electrons. The van der Waals surface area contributed by atoms with Gasteiger partial charge in [-0.25, -0.2) is 0 Å². The third-order valence-corrected chi connectivity index (χ3v) is 1.83. The molecule has 1 nitrogen and oxygen atoms in total. The zero-order chi connectivity index (χ0) is 11.0. The van der Waals surface area contributed by atoms with Crippen LogP contribution in [0.2, 0.25) is 0 Å². The minimum atomic E-state index is 0.298. The topological polar surface area (TPSA) is 9.23 Å². The van der Waals surface area contributed by atoms with E-state index in [-0.39, 0.29) is 0 Å². The predicted octanol–water partition coefficient (Wildman–Crippen LogP) is 3.82. The maximum absolute atomic E-state index is 5.62. The summed E-state index contributed by atoms with van der Waals surface area (Å²) < 4.78 is 5.62. The quantitative estimate of drug-likeness (QED) is 0.609. The molecule has 0 aliphatic rings. The first-order valence-electron chi connectivity index (χ1n) is 4.64. The summed E-state index contributed by atoms with van der Waals surface area (Å²) >= 11 is 4.25. The van der Waals surface area contributed by atoms with Crippen LogP contribution >= 0.6 is 13.6 Å². The van der Waals surface area contributed by atoms with Gasteiger partial charge in [0.2, 0.25) is 0 Å². The summed E-state index contributed by atoms with van der Waals surface area (Å²) in [7, 11) is 0. The zero-order valence-corrected chi connectivity index (χ0v) is 13.6. The maximum atomic E-state index is 5.62. The minimum absolute atomic E-state index is 0.298. The molecule has 0 N–H and O–H groups in total. The van der Waals surface area contributed by atoms with Crippen LogP contribution < -0.4 is 4.74 Å². The Morgan fingerprint density at radius 1 is 1.57 bits per heavy atom. The SMILES string of the molecule is CCC(C)Oc1cc[c-]c(C)c1.[Zn+][Br]. The molecule has 3 heteroatoms. The number of ether oxygens (including phenoxy) is 1. The van der Waals surface area contributed by atoms with Crippen molar-refractivity contribution in [3.05, 3.63) is 29.8 Å². The molecule has 0 fully saturated rings. The van der Waals surface area contributed by atoms with Crippen LogP contribution in [0.3, 0.4) is 0 Å². The number of aryl methyl sites for hydroxylation is 1. The van der Waals surface area contributed by atoms with Gasteiger partial charge in [0.1, 0.15) is 0 Å². The molecule has 0 heterocycles. The number of benzene rings is 1. The molecule has 1 aromatic carbocycles. The van der Waals surface area contributed by atoms with Crippen LogP contribution in [0.5, 0.6) is 5.75 Å². The first-order valence-corrected chi connectivity index (χ1v) is 11.6. The predicted molar refractivity (Wildman–Crippen MR) is 59.3 cm³/mol. The van der Waals surface area contributed by atoms with E-state index in [4.69, 9.17) is 4.74 Å². The standard InChI is InChI=1S/C11H15O.BrH.Zn/c1-4-10(3)12-11-7-5-6-9(2)8-11;;/h5,7-8,10H,4H2,1-3H3;1H;/q-1;;+2/p-1. The van der Waals surface area contributed by atoms with E-state index >= 15 is 0 Å². The van der Waals surface area contributed by atoms with Crippen LogP contribution in [0.25, 0.3) is 0 Å². The fraction of sp³-hybridized carbons (Fsp3) is 0.455. The number of halogens is 1. The molecule has 0 spiro atoms. The summed E-state index contributed by atoms with van der Waals surface area (Å²) in [6.07, 6.45) is 1.34. The van der Waals surface area contributed by atoms with Crippen LogP contribution in [0, 0.1) is 13.0 Å². The van der Waals surface area contributed by atoms with Crippen molar-refractivity contribution in [3.8, 4) is 5.75 Å². The normalized spacial score (nSPS) is 11.3. The van der Waals surface area contributed by atoms with Gasteiger partial charge < -0.3 is 4.74 Å². The first-order chi connectivity index (χ1) is 6.72. The third kappa shape index (κ3) is 5.77. The van der Waals surface area contributed by atoms with Gasteiger partial charge >= 0.3 is 30.0 Å². The molecule has 14 heavy (non-hydrogen) atoms. The van der Waals surface area contributed by atoms with Crippen molar-refractivity contribution in [2.75, 3.05) is 0 Å². The zero-order valence-electron chi connectivity index (χ0n) is 9.01. The van der Waals surface area contributed by atoms with Crippen LogP contribution in [0.15, 0.2) is 18.2 Å². The summed E-state index contributed by atoms with van der Waals surface area (Å²) in [5.74, 6) is 0.945. The van der Waals surface area contributed by atoms with Gasteiger partial charge in [-0.1, -0.05) is 13.8 Å². The van der Waals surface area contributed by atoms with E-state index in [2.05, 4.69) is 33.5 Å². The van der Waals surface area contributed by atoms with Gasteiger partial charge in [-0.15, -0.1) is 12.1 Å². The van der Waals surface area contributed by atoms with Gasteiger partial charge in [0.25, 0.3) is 0 Å². The molecular weight excluding hydrogens is 293 g/mol. The molecule has 1 unspecified atom stereocenters. The Kier molecular flexibility index (Phi) is 8.51. The molecule has 0 amide bonds. The van der Waals surface area contributed by atoms with Crippen molar-refractivity contribution in [1.82, 2.24) is 0 Å². The molecule has 0 saturated carbocycles. The van der Waals surface area contributed by atoms with E-state index < -0.39 is 0 Å². The second kappa shape index (κ2) is 8.43. The Morgan fingerprint density at radius 3 is 2.71 bits per heavy atom. The molecule has 0 aliphatic carbocycles. The average molecular weight is 309 g/mol. The molecule has 1 rings (SSSR count). The number of rotatable bonds is 3. The molecule has 1 aromatic rings. The number of hydrogen-bond acceptors (Lipinski definition) is 1. The summed E-state index contributed by atoms with van der Waals surface area (Å²) in [6.45, 7) is 6.21. The van der Waals surface area contributed by atoms with Crippen molar-refractivity contribution in [3.63, 3.8) is 0 Å². The van der Waals surface area contributed by atoms with Crippen molar-refractivity contribution in [2.24, 2.45) is 0 Å². The van der Waals surface area contributed by atoms with E-state index in [1.54, 1.807) is 0 Å². The van der Waals surface area contributed by atoms with Crippen molar-refractivity contribution in [1.29, 1.82) is 0 Å². The third-order valence-electron chi connectivity index (χ3n) is 1.83. The Hall–Kier alpha value is 0.123. The summed E-state index contributed by atoms with van der Waals surface area (Å²) in [6, 6.07) is 8.93. The Balaban J connectivity index is 0.000000791. The van der Waals surface area contributed by atoms with Crippen molar-refractivity contribution in [2.45, 2.75) is 33.3 Å². The molecular formula is C11H15BrOZn. The molecule has 0 aromatic heterocycles. The monoisotopic (exact) mass is 306 g/mol. The van der Waals surface area contributed by atoms with Crippen molar-refractivity contribution >= 4 is 13.6 Å². The second-order valence-electron chi connectivity index (χ2n) is 3.04. The van der Waals surface area contributed by atoms with Gasteiger partial charge in [-0.2, -0.15) is 17.7 Å². The molecule has 74 valence electrons. The van der Waals surface area contributed by atoms with Crippen LogP contribution in [-0.4, -0.2) is 6.10 Å². The Morgan fingerprint density at radius 2 is 2.21 bits per heavy atom. The Labute approximate surface area is 103 Å². The van der Waals surface area contributed by atoms with E-state index in [0.717, 1.165) is 17.7 Å². The van der Waals surface area contributed by atoms with Crippen LogP contribution in [0.4, 0.5) is 0 Å². The first kappa shape index (κ1) is 14.1. The summed E-state index contributed by atoms with van der Waals surface area (Å²) in [5, 5.41) is 0. The van der Waals surface area contributed by atoms with Gasteiger partial charge in [-0.3, -0.25) is 0 Å². The Bertz CT molecular complexity index is 253. The van der Waals surface area contributed by atoms with Gasteiger partial charge in [0, 0.05) is 5.75 Å². The average Bonchev–Trinajstić information content (AvgIpc) is 2.21. The van der Waals surface area contributed by atoms with Gasteiger partial charge in [0.15, 0.2) is 0 Å². The van der Waals surface area contributed by atoms with E-state index in [9.17, 15) is 0 Å². The van der Waals surface area contributed by atoms with Gasteiger partial charge in [-0.05, 0) is 13.3 Å². The van der Waals surface area contributed by atoms with E-state index in [1.165, 1.54) is 16.3 Å². The molecule has 0 bridgehead atoms. The summed E-state index contributed by atoms with van der Waals surface area (Å²) in [4.78, 5) is 0. The fourth-order valence-corrected chi connectivity index (χ4v) is 0.947. The molecule has 1 atom stereocenters. The molecule has 0 aliphatic heterocycles. The van der Waals surface area contributed by atoms with Crippen LogP contribution in [0.1, 0.15) is 25.8 Å². The number of hydrogen-bond donors (Lipinski definition) is 0. The van der Waals surface area contributed by atoms with E-state index in [0.29, 0.717) is 6.10 Å². The fourth-order valence-electron chi connectivity index (χ4n) is 0.947. The van der Waals surface area contributed by atoms with Crippen molar-refractivity contribution < 1.29 is 21.1 Å². The van der Waals surface area contributed by atoms with Crippen LogP contribution in [-0.2, 0) is 16.3 Å².